The summed E-state index contributed by atoms with van der Waals surface area (Å²) in [5.74, 6) is -2.08. The van der Waals surface area contributed by atoms with Crippen molar-refractivity contribution in [2.45, 2.75) is 20.3 Å². The quantitative estimate of drug-likeness (QED) is 0.390. The zero-order valence-electron chi connectivity index (χ0n) is 16.2. The molecular formula is C20H22ClN3O5. The average Bonchev–Trinajstić information content (AvgIpc) is 2.97. The van der Waals surface area contributed by atoms with Crippen molar-refractivity contribution in [2.24, 2.45) is 0 Å². The van der Waals surface area contributed by atoms with E-state index in [9.17, 15) is 24.6 Å². The Morgan fingerprint density at radius 3 is 2.48 bits per heavy atom. The lowest BCUT2D eigenvalue weighted by Crippen LogP contribution is -2.20. The number of aryl methyl sites for hydroxylation is 1. The number of fused-ring (bicyclic) bond motifs is 1. The number of rotatable bonds is 6. The van der Waals surface area contributed by atoms with Crippen molar-refractivity contribution < 1.29 is 19.8 Å². The van der Waals surface area contributed by atoms with Crippen molar-refractivity contribution in [1.82, 2.24) is 15.3 Å². The van der Waals surface area contributed by atoms with Crippen LogP contribution in [0.5, 0.6) is 5.75 Å². The third-order valence-corrected chi connectivity index (χ3v) is 4.82. The first-order valence-corrected chi connectivity index (χ1v) is 8.82. The molecule has 0 radical (unpaired) electrons. The molecule has 8 nitrogen and oxygen atoms in total. The van der Waals surface area contributed by atoms with Crippen LogP contribution in [-0.4, -0.2) is 45.5 Å². The highest BCUT2D eigenvalue weighted by Gasteiger charge is 2.22. The van der Waals surface area contributed by atoms with Gasteiger partial charge in [-0.2, -0.15) is 0 Å². The lowest BCUT2D eigenvalue weighted by atomic mass is 9.99. The van der Waals surface area contributed by atoms with Crippen LogP contribution < -0.4 is 10.9 Å². The summed E-state index contributed by atoms with van der Waals surface area (Å²) < 4.78 is 0. The molecule has 5 N–H and O–H groups in total. The first kappa shape index (κ1) is 22.2. The van der Waals surface area contributed by atoms with Gasteiger partial charge in [0.25, 0.3) is 5.56 Å². The minimum absolute atomic E-state index is 0. The molecule has 1 aromatic carbocycles. The summed E-state index contributed by atoms with van der Waals surface area (Å²) >= 11 is 0. The van der Waals surface area contributed by atoms with E-state index in [-0.39, 0.29) is 24.7 Å². The number of aromatic carboxylic acids is 1. The van der Waals surface area contributed by atoms with Crippen molar-refractivity contribution in [3.05, 3.63) is 50.9 Å². The highest BCUT2D eigenvalue weighted by atomic mass is 35.5. The maximum Gasteiger partial charge on any atom is 0.345 e. The number of hydrogen-bond acceptors (Lipinski definition) is 5. The first-order valence-electron chi connectivity index (χ1n) is 8.82. The Bertz CT molecular complexity index is 1160. The topological polar surface area (TPSA) is 135 Å². The van der Waals surface area contributed by atoms with Gasteiger partial charge in [-0.3, -0.25) is 9.59 Å². The van der Waals surface area contributed by atoms with Gasteiger partial charge in [0.2, 0.25) is 0 Å². The van der Waals surface area contributed by atoms with Gasteiger partial charge >= 0.3 is 5.97 Å². The van der Waals surface area contributed by atoms with E-state index in [2.05, 4.69) is 15.3 Å². The molecule has 0 aliphatic heterocycles. The number of aromatic hydroxyl groups is 1. The van der Waals surface area contributed by atoms with Gasteiger partial charge in [-0.15, -0.1) is 12.4 Å². The number of carbonyl (C=O) groups is 2. The van der Waals surface area contributed by atoms with Crippen LogP contribution >= 0.6 is 12.4 Å². The number of ketones is 1. The average molecular weight is 420 g/mol. The SMILES string of the molecule is CCc1c(-c2ccc3c(C)c(C(=O)CNC)[nH]c3c2)[nH]c(=O)c(C(=O)O)c1O.Cl. The van der Waals surface area contributed by atoms with E-state index < -0.39 is 22.8 Å². The number of Topliss-reactive ketones (excluding diaryl/α,β-unsaturated/α-hetero) is 1. The highest BCUT2D eigenvalue weighted by Crippen LogP contribution is 2.32. The molecule has 0 saturated heterocycles. The summed E-state index contributed by atoms with van der Waals surface area (Å²) in [6.45, 7) is 3.82. The van der Waals surface area contributed by atoms with E-state index in [1.54, 1.807) is 26.1 Å². The number of H-pyrrole nitrogens is 2. The van der Waals surface area contributed by atoms with Crippen LogP contribution in [-0.2, 0) is 6.42 Å². The number of benzene rings is 1. The van der Waals surface area contributed by atoms with Gasteiger partial charge in [0.05, 0.1) is 17.9 Å². The number of carboxylic acid groups (broad SMARTS) is 1. The number of carboxylic acids is 1. The minimum atomic E-state index is -1.48. The molecule has 0 saturated carbocycles. The predicted octanol–water partition coefficient (Wildman–Crippen LogP) is 2.62. The van der Waals surface area contributed by atoms with E-state index in [0.717, 1.165) is 10.9 Å². The molecule has 9 heteroatoms. The number of halogens is 1. The Hall–Kier alpha value is -3.10. The molecule has 2 heterocycles. The molecule has 0 amide bonds. The Kier molecular flexibility index (Phi) is 6.51. The lowest BCUT2D eigenvalue weighted by molar-refractivity contribution is 0.0691. The third kappa shape index (κ3) is 3.76. The van der Waals surface area contributed by atoms with Gasteiger partial charge in [-0.25, -0.2) is 4.79 Å². The van der Waals surface area contributed by atoms with Gasteiger partial charge in [-0.05, 0) is 32.0 Å². The predicted molar refractivity (Wildman–Crippen MR) is 113 cm³/mol. The molecule has 3 rings (SSSR count). The second-order valence-corrected chi connectivity index (χ2v) is 6.53. The zero-order chi connectivity index (χ0) is 20.6. The van der Waals surface area contributed by atoms with Crippen molar-refractivity contribution >= 4 is 35.1 Å². The third-order valence-electron chi connectivity index (χ3n) is 4.82. The number of likely N-dealkylation sites (N-methyl/N-ethyl adjacent to an activating group) is 1. The number of carbonyl (C=O) groups excluding carboxylic acids is 1. The highest BCUT2D eigenvalue weighted by molar-refractivity contribution is 6.03. The van der Waals surface area contributed by atoms with Gasteiger partial charge in [0.1, 0.15) is 5.75 Å². The lowest BCUT2D eigenvalue weighted by Gasteiger charge is -2.12. The molecule has 0 fully saturated rings. The normalized spacial score (nSPS) is 10.7. The van der Waals surface area contributed by atoms with Crippen LogP contribution in [0, 0.1) is 6.92 Å². The zero-order valence-corrected chi connectivity index (χ0v) is 17.0. The van der Waals surface area contributed by atoms with Crippen LogP contribution in [0.25, 0.3) is 22.2 Å². The number of hydrogen-bond donors (Lipinski definition) is 5. The fraction of sp³-hybridized carbons (Fsp3) is 0.250. The first-order chi connectivity index (χ1) is 13.3. The Morgan fingerprint density at radius 1 is 1.21 bits per heavy atom. The van der Waals surface area contributed by atoms with Crippen LogP contribution in [0.4, 0.5) is 0 Å². The van der Waals surface area contributed by atoms with E-state index in [4.69, 9.17) is 0 Å². The van der Waals surface area contributed by atoms with Gasteiger partial charge < -0.3 is 25.5 Å². The van der Waals surface area contributed by atoms with Crippen molar-refractivity contribution in [1.29, 1.82) is 0 Å². The van der Waals surface area contributed by atoms with Gasteiger partial charge in [-0.1, -0.05) is 19.1 Å². The Morgan fingerprint density at radius 2 is 1.90 bits per heavy atom. The molecule has 154 valence electrons. The molecular weight excluding hydrogens is 398 g/mol. The summed E-state index contributed by atoms with van der Waals surface area (Å²) in [5.41, 5.74) is 1.80. The standard InChI is InChI=1S/C20H21N3O5.ClH/c1-4-11-17(23-19(26)15(18(11)25)20(27)28)10-5-6-12-9(2)16(14(24)8-21-3)22-13(12)7-10;/h5-7,21-22H,4,8H2,1-3H3,(H,27,28)(H2,23,25,26);1H. The van der Waals surface area contributed by atoms with E-state index in [1.165, 1.54) is 0 Å². The maximum atomic E-state index is 12.3. The van der Waals surface area contributed by atoms with E-state index >= 15 is 0 Å². The molecule has 0 aliphatic carbocycles. The van der Waals surface area contributed by atoms with Gasteiger partial charge in [0, 0.05) is 22.0 Å². The van der Waals surface area contributed by atoms with Crippen molar-refractivity contribution in [3.8, 4) is 17.0 Å². The summed E-state index contributed by atoms with van der Waals surface area (Å²) in [7, 11) is 1.70. The molecule has 3 aromatic rings. The smallest absolute Gasteiger partial charge is 0.345 e. The van der Waals surface area contributed by atoms with Gasteiger partial charge in [0.15, 0.2) is 11.3 Å². The molecule has 0 atom stereocenters. The maximum absolute atomic E-state index is 12.3. The van der Waals surface area contributed by atoms with Crippen LogP contribution in [0.2, 0.25) is 0 Å². The van der Waals surface area contributed by atoms with E-state index in [1.807, 2.05) is 13.0 Å². The molecule has 0 spiro atoms. The number of aromatic amines is 2. The number of aromatic nitrogens is 2. The summed E-state index contributed by atoms with van der Waals surface area (Å²) in [5, 5.41) is 23.2. The van der Waals surface area contributed by atoms with Crippen LogP contribution in [0.15, 0.2) is 23.0 Å². The summed E-state index contributed by atoms with van der Waals surface area (Å²) in [6.07, 6.45) is 0.325. The Balaban J connectivity index is 0.00000300. The molecule has 29 heavy (non-hydrogen) atoms. The Labute approximate surface area is 172 Å². The van der Waals surface area contributed by atoms with Crippen LogP contribution in [0.3, 0.4) is 0 Å². The minimum Gasteiger partial charge on any atom is -0.506 e. The van der Waals surface area contributed by atoms with Crippen molar-refractivity contribution in [3.63, 3.8) is 0 Å². The molecule has 0 aliphatic rings. The van der Waals surface area contributed by atoms with Crippen molar-refractivity contribution in [2.75, 3.05) is 13.6 Å². The largest absolute Gasteiger partial charge is 0.506 e. The monoisotopic (exact) mass is 419 g/mol. The second-order valence-electron chi connectivity index (χ2n) is 6.53. The fourth-order valence-corrected chi connectivity index (χ4v) is 3.44. The second kappa shape index (κ2) is 8.50. The molecule has 0 bridgehead atoms. The summed E-state index contributed by atoms with van der Waals surface area (Å²) in [4.78, 5) is 41.4. The van der Waals surface area contributed by atoms with E-state index in [0.29, 0.717) is 34.5 Å². The van der Waals surface area contributed by atoms with Crippen LogP contribution in [0.1, 0.15) is 38.9 Å². The molecule has 0 unspecified atom stereocenters. The fourth-order valence-electron chi connectivity index (χ4n) is 3.44. The number of nitrogens with one attached hydrogen (secondary N) is 3. The molecule has 2 aromatic heterocycles. The summed E-state index contributed by atoms with van der Waals surface area (Å²) in [6, 6.07) is 5.36. The number of pyridine rings is 1.